The van der Waals surface area contributed by atoms with Crippen molar-refractivity contribution in [3.8, 4) is 0 Å². The van der Waals surface area contributed by atoms with Gasteiger partial charge in [0.1, 0.15) is 0 Å². The van der Waals surface area contributed by atoms with Gasteiger partial charge in [-0.05, 0) is 31.0 Å². The summed E-state index contributed by atoms with van der Waals surface area (Å²) in [5.74, 6) is -0.430. The van der Waals surface area contributed by atoms with E-state index in [4.69, 9.17) is 18.0 Å². The lowest BCUT2D eigenvalue weighted by Gasteiger charge is -2.22. The predicted octanol–water partition coefficient (Wildman–Crippen LogP) is 2.27. The van der Waals surface area contributed by atoms with E-state index in [1.807, 2.05) is 38.1 Å². The van der Waals surface area contributed by atoms with Gasteiger partial charge in [-0.25, -0.2) is 0 Å². The van der Waals surface area contributed by atoms with Crippen LogP contribution in [0.15, 0.2) is 24.3 Å². The van der Waals surface area contributed by atoms with Crippen LogP contribution in [0.25, 0.3) is 0 Å². The predicted molar refractivity (Wildman–Crippen MR) is 75.2 cm³/mol. The van der Waals surface area contributed by atoms with Crippen LogP contribution in [0.3, 0.4) is 0 Å². The Morgan fingerprint density at radius 3 is 2.65 bits per heavy atom. The van der Waals surface area contributed by atoms with Gasteiger partial charge in [0.15, 0.2) is 0 Å². The minimum Gasteiger partial charge on any atom is -0.393 e. The molecule has 1 atom stereocenters. The molecule has 0 radical (unpaired) electrons. The first-order valence-corrected chi connectivity index (χ1v) is 6.01. The molecular formula is C13H18N2OS. The summed E-state index contributed by atoms with van der Waals surface area (Å²) in [6, 6.07) is 7.78. The summed E-state index contributed by atoms with van der Waals surface area (Å²) in [4.78, 5) is 14.1. The van der Waals surface area contributed by atoms with E-state index in [1.54, 1.807) is 11.9 Å². The van der Waals surface area contributed by atoms with E-state index in [0.717, 1.165) is 11.3 Å². The van der Waals surface area contributed by atoms with Crippen molar-refractivity contribution in [3.05, 3.63) is 29.8 Å². The Bertz CT molecular complexity index is 431. The third-order valence-corrected chi connectivity index (χ3v) is 3.05. The molecule has 0 aliphatic carbocycles. The van der Waals surface area contributed by atoms with Gasteiger partial charge in [-0.15, -0.1) is 0 Å². The Labute approximate surface area is 108 Å². The topological polar surface area (TPSA) is 46.3 Å². The third-order valence-electron chi connectivity index (χ3n) is 2.77. The van der Waals surface area contributed by atoms with E-state index < -0.39 is 0 Å². The standard InChI is InChI=1S/C13H18N2OS/c1-4-11(12(14)17)13(16)15(3)10-7-5-6-9(2)8-10/h5-8,11H,4H2,1-3H3,(H2,14,17). The summed E-state index contributed by atoms with van der Waals surface area (Å²) in [5.41, 5.74) is 7.56. The lowest BCUT2D eigenvalue weighted by Crippen LogP contribution is -2.38. The highest BCUT2D eigenvalue weighted by Crippen LogP contribution is 2.18. The molecule has 0 bridgehead atoms. The number of carbonyl (C=O) groups is 1. The molecule has 0 fully saturated rings. The van der Waals surface area contributed by atoms with E-state index in [0.29, 0.717) is 6.42 Å². The van der Waals surface area contributed by atoms with Crippen LogP contribution in [-0.4, -0.2) is 17.9 Å². The van der Waals surface area contributed by atoms with Crippen LogP contribution in [-0.2, 0) is 4.79 Å². The highest BCUT2D eigenvalue weighted by molar-refractivity contribution is 7.80. The second kappa shape index (κ2) is 5.77. The molecular weight excluding hydrogens is 232 g/mol. The monoisotopic (exact) mass is 250 g/mol. The summed E-state index contributed by atoms with van der Waals surface area (Å²) >= 11 is 4.92. The van der Waals surface area contributed by atoms with Gasteiger partial charge in [0.05, 0.1) is 10.9 Å². The Balaban J connectivity index is 2.93. The molecule has 1 amide bonds. The molecule has 1 aromatic rings. The Morgan fingerprint density at radius 1 is 1.53 bits per heavy atom. The van der Waals surface area contributed by atoms with E-state index in [9.17, 15) is 4.79 Å². The fourth-order valence-electron chi connectivity index (χ4n) is 1.70. The van der Waals surface area contributed by atoms with Gasteiger partial charge in [-0.2, -0.15) is 0 Å². The second-order valence-electron chi connectivity index (χ2n) is 4.10. The summed E-state index contributed by atoms with van der Waals surface area (Å²) < 4.78 is 0. The van der Waals surface area contributed by atoms with Crippen LogP contribution in [0.1, 0.15) is 18.9 Å². The Kier molecular flexibility index (Phi) is 4.63. The highest BCUT2D eigenvalue weighted by Gasteiger charge is 2.23. The van der Waals surface area contributed by atoms with Crippen LogP contribution in [0.5, 0.6) is 0 Å². The molecule has 3 nitrogen and oxygen atoms in total. The number of hydrogen-bond acceptors (Lipinski definition) is 2. The number of aryl methyl sites for hydroxylation is 1. The van der Waals surface area contributed by atoms with Crippen molar-refractivity contribution in [2.75, 3.05) is 11.9 Å². The molecule has 1 rings (SSSR count). The highest BCUT2D eigenvalue weighted by atomic mass is 32.1. The first-order valence-electron chi connectivity index (χ1n) is 5.61. The molecule has 1 unspecified atom stereocenters. The van der Waals surface area contributed by atoms with Crippen molar-refractivity contribution in [2.24, 2.45) is 11.7 Å². The first kappa shape index (κ1) is 13.6. The van der Waals surface area contributed by atoms with Crippen LogP contribution < -0.4 is 10.6 Å². The zero-order chi connectivity index (χ0) is 13.0. The number of rotatable bonds is 4. The number of amides is 1. The lowest BCUT2D eigenvalue weighted by molar-refractivity contribution is -0.120. The SMILES string of the molecule is CCC(C(=O)N(C)c1cccc(C)c1)C(N)=S. The van der Waals surface area contributed by atoms with Gasteiger partial charge in [0, 0.05) is 12.7 Å². The molecule has 0 aromatic heterocycles. The van der Waals surface area contributed by atoms with E-state index in [-0.39, 0.29) is 16.8 Å². The number of hydrogen-bond donors (Lipinski definition) is 1. The van der Waals surface area contributed by atoms with Crippen molar-refractivity contribution in [2.45, 2.75) is 20.3 Å². The number of benzene rings is 1. The van der Waals surface area contributed by atoms with Gasteiger partial charge in [0.25, 0.3) is 0 Å². The summed E-state index contributed by atoms with van der Waals surface area (Å²) in [6.45, 7) is 3.90. The number of nitrogens with two attached hydrogens (primary N) is 1. The molecule has 1 aromatic carbocycles. The van der Waals surface area contributed by atoms with Crippen molar-refractivity contribution in [3.63, 3.8) is 0 Å². The molecule has 17 heavy (non-hydrogen) atoms. The molecule has 92 valence electrons. The zero-order valence-corrected chi connectivity index (χ0v) is 11.3. The van der Waals surface area contributed by atoms with Gasteiger partial charge in [-0.3, -0.25) is 4.79 Å². The molecule has 0 heterocycles. The Hall–Kier alpha value is -1.42. The Morgan fingerprint density at radius 2 is 2.18 bits per heavy atom. The number of anilines is 1. The smallest absolute Gasteiger partial charge is 0.236 e. The van der Waals surface area contributed by atoms with Crippen LogP contribution in [0, 0.1) is 12.8 Å². The largest absolute Gasteiger partial charge is 0.393 e. The molecule has 0 saturated carbocycles. The van der Waals surface area contributed by atoms with Crippen molar-refractivity contribution >= 4 is 28.8 Å². The van der Waals surface area contributed by atoms with E-state index >= 15 is 0 Å². The minimum absolute atomic E-state index is 0.0504. The summed E-state index contributed by atoms with van der Waals surface area (Å²) in [5, 5.41) is 0. The number of thiocarbonyl (C=S) groups is 1. The normalized spacial score (nSPS) is 11.9. The quantitative estimate of drug-likeness (QED) is 0.834. The van der Waals surface area contributed by atoms with Crippen molar-refractivity contribution in [1.82, 2.24) is 0 Å². The van der Waals surface area contributed by atoms with Gasteiger partial charge < -0.3 is 10.6 Å². The lowest BCUT2D eigenvalue weighted by atomic mass is 10.0. The second-order valence-corrected chi connectivity index (χ2v) is 4.57. The molecule has 2 N–H and O–H groups in total. The minimum atomic E-state index is -0.379. The maximum absolute atomic E-state index is 12.2. The average Bonchev–Trinajstić information content (AvgIpc) is 2.28. The average molecular weight is 250 g/mol. The zero-order valence-electron chi connectivity index (χ0n) is 10.4. The maximum Gasteiger partial charge on any atom is 0.236 e. The maximum atomic E-state index is 12.2. The summed E-state index contributed by atoms with van der Waals surface area (Å²) in [6.07, 6.45) is 0.629. The van der Waals surface area contributed by atoms with Gasteiger partial charge in [-0.1, -0.05) is 31.3 Å². The van der Waals surface area contributed by atoms with E-state index in [2.05, 4.69) is 0 Å². The van der Waals surface area contributed by atoms with Crippen molar-refractivity contribution < 1.29 is 4.79 Å². The van der Waals surface area contributed by atoms with E-state index in [1.165, 1.54) is 0 Å². The molecule has 0 aliphatic heterocycles. The van der Waals surface area contributed by atoms with Crippen LogP contribution >= 0.6 is 12.2 Å². The number of carbonyl (C=O) groups excluding carboxylic acids is 1. The summed E-state index contributed by atoms with van der Waals surface area (Å²) in [7, 11) is 1.75. The van der Waals surface area contributed by atoms with Gasteiger partial charge in [0.2, 0.25) is 5.91 Å². The third kappa shape index (κ3) is 3.27. The first-order chi connectivity index (χ1) is 7.97. The molecule has 4 heteroatoms. The number of nitrogens with zero attached hydrogens (tertiary/aromatic N) is 1. The molecule has 0 spiro atoms. The van der Waals surface area contributed by atoms with Gasteiger partial charge >= 0.3 is 0 Å². The fourth-order valence-corrected chi connectivity index (χ4v) is 1.96. The molecule has 0 saturated heterocycles. The van der Waals surface area contributed by atoms with Crippen LogP contribution in [0.2, 0.25) is 0 Å². The van der Waals surface area contributed by atoms with Crippen LogP contribution in [0.4, 0.5) is 5.69 Å². The molecule has 0 aliphatic rings. The van der Waals surface area contributed by atoms with Crippen molar-refractivity contribution in [1.29, 1.82) is 0 Å². The fraction of sp³-hybridized carbons (Fsp3) is 0.385.